The fourth-order valence-corrected chi connectivity index (χ4v) is 2.38. The number of aliphatic imine (C=N–C) groups is 1. The van der Waals surface area contributed by atoms with Gasteiger partial charge in [-0.3, -0.25) is 9.98 Å². The lowest BCUT2D eigenvalue weighted by molar-refractivity contribution is 0.783. The summed E-state index contributed by atoms with van der Waals surface area (Å²) in [5.74, 6) is -0.384. The zero-order chi connectivity index (χ0) is 13.7. The van der Waals surface area contributed by atoms with Crippen molar-refractivity contribution in [1.29, 1.82) is 5.26 Å². The molecule has 0 fully saturated rings. The predicted octanol–water partition coefficient (Wildman–Crippen LogP) is 3.29. The number of aryl methyl sites for hydroxylation is 1. The molecule has 0 unspecified atom stereocenters. The summed E-state index contributed by atoms with van der Waals surface area (Å²) in [5, 5.41) is 11.9. The summed E-state index contributed by atoms with van der Waals surface area (Å²) < 4.78 is 0. The summed E-state index contributed by atoms with van der Waals surface area (Å²) in [4.78, 5) is 13.0. The van der Waals surface area contributed by atoms with Gasteiger partial charge in [0.25, 0.3) is 0 Å². The summed E-state index contributed by atoms with van der Waals surface area (Å²) in [7, 11) is 0. The van der Waals surface area contributed by atoms with Crippen molar-refractivity contribution in [3.8, 4) is 6.07 Å². The first-order chi connectivity index (χ1) is 9.20. The minimum Gasteiger partial charge on any atom is -0.286 e. The molecule has 0 amide bonds. The Morgan fingerprint density at radius 2 is 2.32 bits per heavy atom. The van der Waals surface area contributed by atoms with E-state index in [1.54, 1.807) is 12.4 Å². The summed E-state index contributed by atoms with van der Waals surface area (Å²) in [6.45, 7) is 3.88. The number of aromatic nitrogens is 2. The molecule has 0 aromatic carbocycles. The Labute approximate surface area is 116 Å². The van der Waals surface area contributed by atoms with Crippen LogP contribution in [0.2, 0.25) is 0 Å². The lowest BCUT2D eigenvalue weighted by Gasteiger charge is -2.05. The van der Waals surface area contributed by atoms with Crippen LogP contribution in [-0.2, 0) is 0 Å². The van der Waals surface area contributed by atoms with E-state index in [1.807, 2.05) is 37.4 Å². The van der Waals surface area contributed by atoms with Gasteiger partial charge in [0.1, 0.15) is 10.9 Å². The quantitative estimate of drug-likeness (QED) is 0.801. The van der Waals surface area contributed by atoms with Crippen molar-refractivity contribution in [3.05, 3.63) is 46.2 Å². The van der Waals surface area contributed by atoms with Crippen molar-refractivity contribution in [3.63, 3.8) is 0 Å². The largest absolute Gasteiger partial charge is 0.286 e. The fourth-order valence-electron chi connectivity index (χ4n) is 1.58. The molecule has 2 rings (SSSR count). The average Bonchev–Trinajstić information content (AvgIpc) is 2.87. The molecule has 0 saturated heterocycles. The highest BCUT2D eigenvalue weighted by Gasteiger charge is 2.12. The van der Waals surface area contributed by atoms with Crippen LogP contribution in [0.15, 0.2) is 34.8 Å². The van der Waals surface area contributed by atoms with Gasteiger partial charge in [0.15, 0.2) is 0 Å². The van der Waals surface area contributed by atoms with Crippen LogP contribution in [0.1, 0.15) is 35.3 Å². The van der Waals surface area contributed by atoms with Crippen molar-refractivity contribution in [2.24, 2.45) is 4.99 Å². The third-order valence-corrected chi connectivity index (χ3v) is 3.66. The molecule has 0 radical (unpaired) electrons. The molecular formula is C14H14N4S. The van der Waals surface area contributed by atoms with E-state index >= 15 is 0 Å². The first kappa shape index (κ1) is 13.4. The minimum absolute atomic E-state index is 0.0573. The van der Waals surface area contributed by atoms with Crippen LogP contribution in [0, 0.1) is 18.3 Å². The maximum absolute atomic E-state index is 9.18. The molecule has 0 aliphatic heterocycles. The van der Waals surface area contributed by atoms with Gasteiger partial charge in [0, 0.05) is 23.5 Å². The van der Waals surface area contributed by atoms with E-state index in [4.69, 9.17) is 0 Å². The highest BCUT2D eigenvalue weighted by molar-refractivity contribution is 7.09. The number of thiazole rings is 1. The van der Waals surface area contributed by atoms with Crippen molar-refractivity contribution in [1.82, 2.24) is 9.97 Å². The Kier molecular flexibility index (Phi) is 4.37. The van der Waals surface area contributed by atoms with E-state index in [0.29, 0.717) is 0 Å². The lowest BCUT2D eigenvalue weighted by Crippen LogP contribution is -2.00. The zero-order valence-electron chi connectivity index (χ0n) is 10.8. The molecule has 2 atom stereocenters. The molecule has 0 spiro atoms. The summed E-state index contributed by atoms with van der Waals surface area (Å²) in [5.41, 5.74) is 1.83. The smallest absolute Gasteiger partial charge is 0.133 e. The second-order valence-electron chi connectivity index (χ2n) is 4.16. The number of nitrogens with zero attached hydrogens (tertiary/aromatic N) is 4. The maximum Gasteiger partial charge on any atom is 0.133 e. The SMILES string of the molecule is Cc1csc([C@@H](C#N)C=N[C@H](C)c2ccccn2)n1. The van der Waals surface area contributed by atoms with Crippen LogP contribution in [0.25, 0.3) is 0 Å². The van der Waals surface area contributed by atoms with Gasteiger partial charge in [-0.2, -0.15) is 5.26 Å². The zero-order valence-corrected chi connectivity index (χ0v) is 11.6. The van der Waals surface area contributed by atoms with Gasteiger partial charge in [-0.05, 0) is 26.0 Å². The Morgan fingerprint density at radius 3 is 2.89 bits per heavy atom. The third kappa shape index (κ3) is 3.46. The number of hydrogen-bond donors (Lipinski definition) is 0. The molecule has 0 aliphatic rings. The molecule has 0 N–H and O–H groups in total. The highest BCUT2D eigenvalue weighted by Crippen LogP contribution is 2.20. The summed E-state index contributed by atoms with van der Waals surface area (Å²) >= 11 is 1.49. The van der Waals surface area contributed by atoms with Gasteiger partial charge in [-0.25, -0.2) is 4.98 Å². The molecule has 4 nitrogen and oxygen atoms in total. The average molecular weight is 270 g/mol. The number of nitriles is 1. The molecule has 5 heteroatoms. The van der Waals surface area contributed by atoms with E-state index < -0.39 is 0 Å². The maximum atomic E-state index is 9.18. The number of rotatable bonds is 4. The molecule has 96 valence electrons. The third-order valence-electron chi connectivity index (χ3n) is 2.62. The van der Waals surface area contributed by atoms with E-state index in [0.717, 1.165) is 16.4 Å². The Morgan fingerprint density at radius 1 is 1.47 bits per heavy atom. The molecule has 2 aromatic rings. The van der Waals surface area contributed by atoms with E-state index in [9.17, 15) is 5.26 Å². The molecule has 0 saturated carbocycles. The normalized spacial score (nSPS) is 14.2. The molecule has 0 aliphatic carbocycles. The standard InChI is InChI=1S/C14H14N4S/c1-10-9-19-14(18-10)12(7-15)8-17-11(2)13-5-3-4-6-16-13/h3-6,8-9,11-12H,1-2H3/t11-,12+/m1/s1. The van der Waals surface area contributed by atoms with Crippen LogP contribution >= 0.6 is 11.3 Å². The van der Waals surface area contributed by atoms with Gasteiger partial charge < -0.3 is 0 Å². The van der Waals surface area contributed by atoms with Crippen LogP contribution in [0.4, 0.5) is 0 Å². The Hall–Kier alpha value is -2.06. The van der Waals surface area contributed by atoms with Crippen LogP contribution in [0.5, 0.6) is 0 Å². The number of pyridine rings is 1. The highest BCUT2D eigenvalue weighted by atomic mass is 32.1. The van der Waals surface area contributed by atoms with Gasteiger partial charge in [0.2, 0.25) is 0 Å². The lowest BCUT2D eigenvalue weighted by atomic mass is 10.2. The van der Waals surface area contributed by atoms with Gasteiger partial charge in [-0.15, -0.1) is 11.3 Å². The van der Waals surface area contributed by atoms with E-state index in [-0.39, 0.29) is 12.0 Å². The van der Waals surface area contributed by atoms with Crippen LogP contribution in [-0.4, -0.2) is 16.2 Å². The van der Waals surface area contributed by atoms with E-state index in [2.05, 4.69) is 21.0 Å². The second kappa shape index (κ2) is 6.21. The molecule has 2 aromatic heterocycles. The van der Waals surface area contributed by atoms with Crippen LogP contribution < -0.4 is 0 Å². The van der Waals surface area contributed by atoms with Gasteiger partial charge >= 0.3 is 0 Å². The summed E-state index contributed by atoms with van der Waals surface area (Å²) in [6, 6.07) is 7.89. The van der Waals surface area contributed by atoms with Crippen LogP contribution in [0.3, 0.4) is 0 Å². The first-order valence-electron chi connectivity index (χ1n) is 5.96. The first-order valence-corrected chi connectivity index (χ1v) is 6.84. The molecular weight excluding hydrogens is 256 g/mol. The summed E-state index contributed by atoms with van der Waals surface area (Å²) in [6.07, 6.45) is 3.41. The van der Waals surface area contributed by atoms with Gasteiger partial charge in [0.05, 0.1) is 17.8 Å². The molecule has 19 heavy (non-hydrogen) atoms. The predicted molar refractivity (Wildman–Crippen MR) is 76.3 cm³/mol. The van der Waals surface area contributed by atoms with Crippen molar-refractivity contribution < 1.29 is 0 Å². The Balaban J connectivity index is 2.11. The molecule has 0 bridgehead atoms. The minimum atomic E-state index is -0.384. The van der Waals surface area contributed by atoms with Crippen molar-refractivity contribution in [2.75, 3.05) is 0 Å². The van der Waals surface area contributed by atoms with Gasteiger partial charge in [-0.1, -0.05) is 6.07 Å². The second-order valence-corrected chi connectivity index (χ2v) is 5.05. The monoisotopic (exact) mass is 270 g/mol. The topological polar surface area (TPSA) is 61.9 Å². The van der Waals surface area contributed by atoms with Crippen molar-refractivity contribution in [2.45, 2.75) is 25.8 Å². The number of hydrogen-bond acceptors (Lipinski definition) is 5. The Bertz CT molecular complexity index is 597. The fraction of sp³-hybridized carbons (Fsp3) is 0.286. The van der Waals surface area contributed by atoms with E-state index in [1.165, 1.54) is 11.3 Å². The molecule has 2 heterocycles. The van der Waals surface area contributed by atoms with Crippen molar-refractivity contribution >= 4 is 17.6 Å².